The fourth-order valence-corrected chi connectivity index (χ4v) is 3.90. The summed E-state index contributed by atoms with van der Waals surface area (Å²) in [5.41, 5.74) is 3.39. The zero-order valence-electron chi connectivity index (χ0n) is 17.9. The standard InChI is InChI=1S/C26H37NOS/c1-2-3-4-5-6-7-8-10-13-22-16-18-25(19-17-22)27-26(28)24(21-29)20-23-14-11-9-12-15-23/h9,11-12,14-19,24,29H,2-8,10,13,20-21H2,1H3,(H,27,28). The maximum atomic E-state index is 12.6. The molecule has 1 amide bonds. The summed E-state index contributed by atoms with van der Waals surface area (Å²) in [4.78, 5) is 12.6. The molecule has 0 saturated heterocycles. The van der Waals surface area contributed by atoms with Crippen molar-refractivity contribution in [3.8, 4) is 0 Å². The second-order valence-corrected chi connectivity index (χ2v) is 8.35. The minimum Gasteiger partial charge on any atom is -0.326 e. The molecule has 0 spiro atoms. The number of hydrogen-bond donors (Lipinski definition) is 2. The van der Waals surface area contributed by atoms with Gasteiger partial charge in [0.05, 0.1) is 5.92 Å². The quantitative estimate of drug-likeness (QED) is 0.252. The predicted molar refractivity (Wildman–Crippen MR) is 129 cm³/mol. The molecule has 0 aliphatic heterocycles. The van der Waals surface area contributed by atoms with Gasteiger partial charge in [0, 0.05) is 11.4 Å². The summed E-state index contributed by atoms with van der Waals surface area (Å²) in [6.07, 6.45) is 12.6. The number of thiol groups is 1. The summed E-state index contributed by atoms with van der Waals surface area (Å²) >= 11 is 4.39. The lowest BCUT2D eigenvalue weighted by Crippen LogP contribution is -2.26. The molecule has 0 saturated carbocycles. The molecule has 3 heteroatoms. The van der Waals surface area contributed by atoms with Gasteiger partial charge in [-0.25, -0.2) is 0 Å². The Kier molecular flexibility index (Phi) is 11.6. The molecule has 0 radical (unpaired) electrons. The van der Waals surface area contributed by atoms with E-state index in [1.54, 1.807) is 0 Å². The first-order valence-electron chi connectivity index (χ1n) is 11.3. The van der Waals surface area contributed by atoms with Gasteiger partial charge in [-0.1, -0.05) is 94.3 Å². The number of benzene rings is 2. The number of aryl methyl sites for hydroxylation is 1. The van der Waals surface area contributed by atoms with Crippen molar-refractivity contribution in [3.63, 3.8) is 0 Å². The smallest absolute Gasteiger partial charge is 0.228 e. The van der Waals surface area contributed by atoms with Crippen molar-refractivity contribution in [2.45, 2.75) is 71.1 Å². The molecule has 0 heterocycles. The van der Waals surface area contributed by atoms with E-state index < -0.39 is 0 Å². The minimum atomic E-state index is -0.127. The molecule has 1 unspecified atom stereocenters. The number of unbranched alkanes of at least 4 members (excludes halogenated alkanes) is 7. The van der Waals surface area contributed by atoms with E-state index in [4.69, 9.17) is 0 Å². The van der Waals surface area contributed by atoms with Gasteiger partial charge in [-0.15, -0.1) is 0 Å². The lowest BCUT2D eigenvalue weighted by Gasteiger charge is -2.15. The Morgan fingerprint density at radius 3 is 2.07 bits per heavy atom. The average Bonchev–Trinajstić information content (AvgIpc) is 2.75. The van der Waals surface area contributed by atoms with E-state index >= 15 is 0 Å². The summed E-state index contributed by atoms with van der Waals surface area (Å²) in [6, 6.07) is 18.5. The summed E-state index contributed by atoms with van der Waals surface area (Å²) < 4.78 is 0. The largest absolute Gasteiger partial charge is 0.326 e. The lowest BCUT2D eigenvalue weighted by molar-refractivity contribution is -0.119. The van der Waals surface area contributed by atoms with Gasteiger partial charge in [0.25, 0.3) is 0 Å². The molecule has 0 bridgehead atoms. The van der Waals surface area contributed by atoms with Crippen LogP contribution in [-0.2, 0) is 17.6 Å². The Morgan fingerprint density at radius 2 is 1.45 bits per heavy atom. The number of carbonyl (C=O) groups is 1. The van der Waals surface area contributed by atoms with E-state index in [0.717, 1.165) is 12.1 Å². The average molecular weight is 412 g/mol. The summed E-state index contributed by atoms with van der Waals surface area (Å²) in [6.45, 7) is 2.26. The zero-order valence-corrected chi connectivity index (χ0v) is 18.8. The fourth-order valence-electron chi connectivity index (χ4n) is 3.60. The SMILES string of the molecule is CCCCCCCCCCc1ccc(NC(=O)C(CS)Cc2ccccc2)cc1. The third-order valence-electron chi connectivity index (χ3n) is 5.46. The molecule has 0 aliphatic rings. The molecule has 29 heavy (non-hydrogen) atoms. The van der Waals surface area contributed by atoms with E-state index in [1.165, 1.54) is 62.5 Å². The van der Waals surface area contributed by atoms with Crippen LogP contribution < -0.4 is 5.32 Å². The Bertz CT molecular complexity index is 684. The van der Waals surface area contributed by atoms with Gasteiger partial charge in [-0.05, 0) is 42.5 Å². The van der Waals surface area contributed by atoms with Crippen molar-refractivity contribution in [1.29, 1.82) is 0 Å². The lowest BCUT2D eigenvalue weighted by atomic mass is 10.00. The van der Waals surface area contributed by atoms with Crippen LogP contribution in [-0.4, -0.2) is 11.7 Å². The molecule has 1 N–H and O–H groups in total. The van der Waals surface area contributed by atoms with Gasteiger partial charge >= 0.3 is 0 Å². The van der Waals surface area contributed by atoms with Crippen molar-refractivity contribution < 1.29 is 4.79 Å². The molecule has 2 rings (SSSR count). The molecule has 0 aromatic heterocycles. The molecule has 2 nitrogen and oxygen atoms in total. The van der Waals surface area contributed by atoms with Crippen molar-refractivity contribution in [2.75, 3.05) is 11.1 Å². The number of hydrogen-bond acceptors (Lipinski definition) is 2. The number of amides is 1. The first-order valence-corrected chi connectivity index (χ1v) is 11.9. The summed E-state index contributed by atoms with van der Waals surface area (Å²) in [5.74, 6) is 0.453. The Labute approximate surface area is 182 Å². The maximum absolute atomic E-state index is 12.6. The molecule has 2 aromatic rings. The highest BCUT2D eigenvalue weighted by molar-refractivity contribution is 7.80. The van der Waals surface area contributed by atoms with Gasteiger partial charge in [0.1, 0.15) is 0 Å². The van der Waals surface area contributed by atoms with Crippen molar-refractivity contribution in [1.82, 2.24) is 0 Å². The van der Waals surface area contributed by atoms with Crippen molar-refractivity contribution in [2.24, 2.45) is 5.92 Å². The van der Waals surface area contributed by atoms with E-state index in [-0.39, 0.29) is 11.8 Å². The number of anilines is 1. The van der Waals surface area contributed by atoms with Crippen LogP contribution in [0.25, 0.3) is 0 Å². The molecular weight excluding hydrogens is 374 g/mol. The highest BCUT2D eigenvalue weighted by Gasteiger charge is 2.17. The van der Waals surface area contributed by atoms with Crippen LogP contribution in [0.1, 0.15) is 69.4 Å². The fraction of sp³-hybridized carbons (Fsp3) is 0.500. The number of rotatable bonds is 14. The van der Waals surface area contributed by atoms with Crippen LogP contribution in [0.15, 0.2) is 54.6 Å². The molecular formula is C26H37NOS. The van der Waals surface area contributed by atoms with Gasteiger partial charge in [-0.3, -0.25) is 4.79 Å². The Balaban J connectivity index is 1.70. The van der Waals surface area contributed by atoms with Gasteiger partial charge in [0.2, 0.25) is 5.91 Å². The number of carbonyl (C=O) groups excluding carboxylic acids is 1. The van der Waals surface area contributed by atoms with Crippen molar-refractivity contribution >= 4 is 24.2 Å². The van der Waals surface area contributed by atoms with Crippen LogP contribution >= 0.6 is 12.6 Å². The maximum Gasteiger partial charge on any atom is 0.228 e. The second-order valence-electron chi connectivity index (χ2n) is 7.98. The Hall–Kier alpha value is -1.74. The van der Waals surface area contributed by atoms with Gasteiger partial charge in [0.15, 0.2) is 0 Å². The molecule has 158 valence electrons. The summed E-state index contributed by atoms with van der Waals surface area (Å²) in [5, 5.41) is 3.05. The normalized spacial score (nSPS) is 11.9. The minimum absolute atomic E-state index is 0.0414. The van der Waals surface area contributed by atoms with Crippen LogP contribution in [0.2, 0.25) is 0 Å². The first-order chi connectivity index (χ1) is 14.2. The monoisotopic (exact) mass is 411 g/mol. The van der Waals surface area contributed by atoms with Gasteiger partial charge < -0.3 is 5.32 Å². The van der Waals surface area contributed by atoms with Crippen LogP contribution in [0.3, 0.4) is 0 Å². The van der Waals surface area contributed by atoms with Crippen LogP contribution in [0, 0.1) is 5.92 Å². The second kappa shape index (κ2) is 14.3. The van der Waals surface area contributed by atoms with E-state index in [0.29, 0.717) is 12.2 Å². The van der Waals surface area contributed by atoms with Crippen molar-refractivity contribution in [3.05, 3.63) is 65.7 Å². The van der Waals surface area contributed by atoms with E-state index in [2.05, 4.69) is 49.1 Å². The third kappa shape index (κ3) is 9.54. The number of nitrogens with one attached hydrogen (secondary N) is 1. The predicted octanol–water partition coefficient (Wildman–Crippen LogP) is 7.10. The molecule has 2 aromatic carbocycles. The third-order valence-corrected chi connectivity index (χ3v) is 5.90. The van der Waals surface area contributed by atoms with Crippen LogP contribution in [0.5, 0.6) is 0 Å². The first kappa shape index (κ1) is 23.5. The Morgan fingerprint density at radius 1 is 0.828 bits per heavy atom. The topological polar surface area (TPSA) is 29.1 Å². The molecule has 1 atom stereocenters. The highest BCUT2D eigenvalue weighted by atomic mass is 32.1. The highest BCUT2D eigenvalue weighted by Crippen LogP contribution is 2.17. The molecule has 0 aliphatic carbocycles. The molecule has 0 fully saturated rings. The van der Waals surface area contributed by atoms with E-state index in [1.807, 2.05) is 30.3 Å². The van der Waals surface area contributed by atoms with Gasteiger partial charge in [-0.2, -0.15) is 12.6 Å². The zero-order chi connectivity index (χ0) is 20.7. The summed E-state index contributed by atoms with van der Waals surface area (Å²) in [7, 11) is 0. The van der Waals surface area contributed by atoms with E-state index in [9.17, 15) is 4.79 Å². The van der Waals surface area contributed by atoms with Crippen LogP contribution in [0.4, 0.5) is 5.69 Å².